The molecule has 1 N–H and O–H groups in total. The minimum atomic E-state index is -3.92. The molecule has 0 aromatic heterocycles. The van der Waals surface area contributed by atoms with Gasteiger partial charge in [0.1, 0.15) is 6.04 Å². The summed E-state index contributed by atoms with van der Waals surface area (Å²) in [5.41, 5.74) is 2.85. The number of amides is 2. The van der Waals surface area contributed by atoms with Crippen LogP contribution in [0.1, 0.15) is 44.1 Å². The summed E-state index contributed by atoms with van der Waals surface area (Å²) >= 11 is 0. The first kappa shape index (κ1) is 26.8. The molecule has 2 atom stereocenters. The minimum Gasteiger partial charge on any atom is -0.337 e. The molecule has 2 amide bonds. The van der Waals surface area contributed by atoms with Crippen LogP contribution in [-0.2, 0) is 19.6 Å². The van der Waals surface area contributed by atoms with Crippen molar-refractivity contribution in [2.45, 2.75) is 62.4 Å². The second-order valence-corrected chi connectivity index (χ2v) is 12.6. The average Bonchev–Trinajstić information content (AvgIpc) is 3.60. The van der Waals surface area contributed by atoms with Gasteiger partial charge >= 0.3 is 0 Å². The maximum atomic E-state index is 13.3. The number of rotatable bonds is 8. The highest BCUT2D eigenvalue weighted by molar-refractivity contribution is 7.89. The Labute approximate surface area is 226 Å². The van der Waals surface area contributed by atoms with Crippen molar-refractivity contribution < 1.29 is 18.0 Å². The maximum Gasteiger partial charge on any atom is 0.242 e. The van der Waals surface area contributed by atoms with Crippen molar-refractivity contribution in [2.75, 3.05) is 39.3 Å². The van der Waals surface area contributed by atoms with Gasteiger partial charge in [-0.2, -0.15) is 4.72 Å². The fourth-order valence-corrected chi connectivity index (χ4v) is 7.19. The van der Waals surface area contributed by atoms with E-state index in [1.807, 2.05) is 42.2 Å². The van der Waals surface area contributed by atoms with Crippen LogP contribution in [0.15, 0.2) is 53.4 Å². The molecular formula is C29H38N4O4S. The van der Waals surface area contributed by atoms with Crippen molar-refractivity contribution >= 4 is 21.8 Å². The minimum absolute atomic E-state index is 0.0104. The van der Waals surface area contributed by atoms with Crippen molar-refractivity contribution in [3.05, 3.63) is 54.1 Å². The topological polar surface area (TPSA) is 90.0 Å². The van der Waals surface area contributed by atoms with E-state index in [-0.39, 0.29) is 29.3 Å². The smallest absolute Gasteiger partial charge is 0.242 e. The van der Waals surface area contributed by atoms with Crippen LogP contribution in [0.4, 0.5) is 0 Å². The molecule has 2 unspecified atom stereocenters. The number of hydrogen-bond donors (Lipinski definition) is 1. The Morgan fingerprint density at radius 3 is 2.42 bits per heavy atom. The molecule has 0 aliphatic carbocycles. The van der Waals surface area contributed by atoms with Crippen molar-refractivity contribution in [3.8, 4) is 11.1 Å². The van der Waals surface area contributed by atoms with Gasteiger partial charge in [-0.25, -0.2) is 8.42 Å². The van der Waals surface area contributed by atoms with Crippen molar-refractivity contribution in [1.29, 1.82) is 0 Å². The first-order chi connectivity index (χ1) is 18.3. The zero-order chi connectivity index (χ0) is 26.7. The molecule has 3 saturated heterocycles. The standard InChI is InChI=1S/C29H38N4O4S/c1-22-11-13-23(14-12-22)24-7-4-9-26(19-24)38(36,37)30-27-10-6-17-32(29(27)35)21-28(34)33-18-5-8-25(33)20-31-15-2-3-16-31/h4,7,9,11-14,19,25,27,30H,2-3,5-6,8,10,15-18,20-21H2,1H3. The van der Waals surface area contributed by atoms with Crippen LogP contribution in [0.25, 0.3) is 11.1 Å². The molecule has 38 heavy (non-hydrogen) atoms. The molecule has 9 heteroatoms. The van der Waals surface area contributed by atoms with E-state index in [9.17, 15) is 18.0 Å². The number of benzene rings is 2. The van der Waals surface area contributed by atoms with Crippen LogP contribution in [0.5, 0.6) is 0 Å². The Morgan fingerprint density at radius 2 is 1.66 bits per heavy atom. The van der Waals surface area contributed by atoms with Crippen LogP contribution in [0.3, 0.4) is 0 Å². The molecule has 0 saturated carbocycles. The lowest BCUT2D eigenvalue weighted by Gasteiger charge is -2.34. The van der Waals surface area contributed by atoms with Gasteiger partial charge in [0.25, 0.3) is 0 Å². The Bertz CT molecular complexity index is 1260. The van der Waals surface area contributed by atoms with Crippen LogP contribution in [-0.4, -0.2) is 86.3 Å². The fourth-order valence-electron chi connectivity index (χ4n) is 5.92. The van der Waals surface area contributed by atoms with E-state index in [1.54, 1.807) is 18.2 Å². The van der Waals surface area contributed by atoms with Gasteiger partial charge in [-0.3, -0.25) is 9.59 Å². The summed E-state index contributed by atoms with van der Waals surface area (Å²) in [6.07, 6.45) is 5.49. The van der Waals surface area contributed by atoms with Crippen LogP contribution >= 0.6 is 0 Å². The number of aryl methyl sites for hydroxylation is 1. The van der Waals surface area contributed by atoms with Gasteiger partial charge in [0.2, 0.25) is 21.8 Å². The zero-order valence-corrected chi connectivity index (χ0v) is 23.0. The molecule has 5 rings (SSSR count). The summed E-state index contributed by atoms with van der Waals surface area (Å²) in [6, 6.07) is 14.0. The number of hydrogen-bond acceptors (Lipinski definition) is 5. The van der Waals surface area contributed by atoms with E-state index in [4.69, 9.17) is 0 Å². The van der Waals surface area contributed by atoms with Crippen molar-refractivity contribution in [3.63, 3.8) is 0 Å². The Kier molecular flexibility index (Phi) is 8.16. The van der Waals surface area contributed by atoms with Gasteiger partial charge in [-0.1, -0.05) is 42.0 Å². The third-order valence-corrected chi connectivity index (χ3v) is 9.52. The zero-order valence-electron chi connectivity index (χ0n) is 22.1. The average molecular weight is 539 g/mol. The highest BCUT2D eigenvalue weighted by Gasteiger charge is 2.36. The molecular weight excluding hydrogens is 500 g/mol. The number of sulfonamides is 1. The fraction of sp³-hybridized carbons (Fsp3) is 0.517. The molecule has 0 spiro atoms. The third-order valence-electron chi connectivity index (χ3n) is 8.05. The third kappa shape index (κ3) is 6.11. The lowest BCUT2D eigenvalue weighted by Crippen LogP contribution is -2.55. The normalized spacial score (nSPS) is 22.8. The Morgan fingerprint density at radius 1 is 0.921 bits per heavy atom. The SMILES string of the molecule is Cc1ccc(-c2cccc(S(=O)(=O)NC3CCCN(CC(=O)N4CCCC4CN4CCCC4)C3=O)c2)cc1. The summed E-state index contributed by atoms with van der Waals surface area (Å²) in [6.45, 7) is 6.31. The Hall–Kier alpha value is -2.75. The van der Waals surface area contributed by atoms with Crippen LogP contribution in [0, 0.1) is 6.92 Å². The van der Waals surface area contributed by atoms with Gasteiger partial charge in [0.05, 0.1) is 11.4 Å². The van der Waals surface area contributed by atoms with Gasteiger partial charge in [0, 0.05) is 25.7 Å². The Balaban J connectivity index is 1.23. The molecule has 2 aromatic carbocycles. The van der Waals surface area contributed by atoms with E-state index >= 15 is 0 Å². The molecule has 0 bridgehead atoms. The maximum absolute atomic E-state index is 13.3. The van der Waals surface area contributed by atoms with E-state index < -0.39 is 16.1 Å². The number of likely N-dealkylation sites (tertiary alicyclic amines) is 3. The number of nitrogens with zero attached hydrogens (tertiary/aromatic N) is 3. The van der Waals surface area contributed by atoms with Gasteiger partial charge < -0.3 is 14.7 Å². The predicted octanol–water partition coefficient (Wildman–Crippen LogP) is 3.02. The quantitative estimate of drug-likeness (QED) is 0.558. The van der Waals surface area contributed by atoms with E-state index in [0.717, 1.165) is 55.7 Å². The highest BCUT2D eigenvalue weighted by atomic mass is 32.2. The monoisotopic (exact) mass is 538 g/mol. The van der Waals surface area contributed by atoms with Gasteiger partial charge in [-0.05, 0) is 81.8 Å². The number of carbonyl (C=O) groups excluding carboxylic acids is 2. The summed E-state index contributed by atoms with van der Waals surface area (Å²) in [7, 11) is -3.92. The second kappa shape index (κ2) is 11.6. The van der Waals surface area contributed by atoms with E-state index in [1.165, 1.54) is 17.7 Å². The lowest BCUT2D eigenvalue weighted by molar-refractivity contribution is -0.143. The molecule has 204 valence electrons. The summed E-state index contributed by atoms with van der Waals surface area (Å²) < 4.78 is 29.2. The summed E-state index contributed by atoms with van der Waals surface area (Å²) in [5, 5.41) is 0. The largest absolute Gasteiger partial charge is 0.337 e. The second-order valence-electron chi connectivity index (χ2n) is 10.9. The molecule has 3 heterocycles. The number of carbonyl (C=O) groups is 2. The van der Waals surface area contributed by atoms with Crippen molar-refractivity contribution in [1.82, 2.24) is 19.4 Å². The highest BCUT2D eigenvalue weighted by Crippen LogP contribution is 2.25. The summed E-state index contributed by atoms with van der Waals surface area (Å²) in [5.74, 6) is -0.354. The number of nitrogens with one attached hydrogen (secondary N) is 1. The predicted molar refractivity (Wildman–Crippen MR) is 147 cm³/mol. The van der Waals surface area contributed by atoms with E-state index in [2.05, 4.69) is 9.62 Å². The lowest BCUT2D eigenvalue weighted by atomic mass is 10.0. The van der Waals surface area contributed by atoms with E-state index in [0.29, 0.717) is 19.4 Å². The summed E-state index contributed by atoms with van der Waals surface area (Å²) in [4.78, 5) is 32.5. The molecule has 3 aliphatic heterocycles. The first-order valence-corrected chi connectivity index (χ1v) is 15.3. The van der Waals surface area contributed by atoms with Crippen molar-refractivity contribution in [2.24, 2.45) is 0 Å². The first-order valence-electron chi connectivity index (χ1n) is 13.8. The molecule has 8 nitrogen and oxygen atoms in total. The van der Waals surface area contributed by atoms with Crippen LogP contribution in [0.2, 0.25) is 0 Å². The molecule has 2 aromatic rings. The van der Waals surface area contributed by atoms with Crippen LogP contribution < -0.4 is 4.72 Å². The molecule has 3 fully saturated rings. The molecule has 0 radical (unpaired) electrons. The number of piperidine rings is 1. The van der Waals surface area contributed by atoms with Gasteiger partial charge in [-0.15, -0.1) is 0 Å². The van der Waals surface area contributed by atoms with Gasteiger partial charge in [0.15, 0.2) is 0 Å². The molecule has 3 aliphatic rings.